The van der Waals surface area contributed by atoms with Crippen molar-refractivity contribution in [3.05, 3.63) is 35.9 Å². The third-order valence-electron chi connectivity index (χ3n) is 9.25. The van der Waals surface area contributed by atoms with Crippen molar-refractivity contribution in [1.82, 2.24) is 34.4 Å². The molecule has 2 fully saturated rings. The van der Waals surface area contributed by atoms with Gasteiger partial charge in [0, 0.05) is 89.6 Å². The molecular formula is C33H58N8O. The maximum atomic E-state index is 6.44. The number of aryl methyl sites for hydroxylation is 2. The SMILES string of the molecule is Cc1cnc(N2CCN(CCOC(C)(C)CCC(C)(C)N3CCN(CCCn4cc(C(C)(C)C)cn4)CC3)CC2)nc1. The number of hydrogen-bond acceptors (Lipinski definition) is 8. The summed E-state index contributed by atoms with van der Waals surface area (Å²) in [6.45, 7) is 30.6. The van der Waals surface area contributed by atoms with E-state index >= 15 is 0 Å². The van der Waals surface area contributed by atoms with Gasteiger partial charge in [-0.3, -0.25) is 14.5 Å². The lowest BCUT2D eigenvalue weighted by Gasteiger charge is -2.45. The molecule has 42 heavy (non-hydrogen) atoms. The summed E-state index contributed by atoms with van der Waals surface area (Å²) in [4.78, 5) is 19.1. The topological polar surface area (TPSA) is 65.8 Å². The second-order valence-corrected chi connectivity index (χ2v) is 14.7. The maximum absolute atomic E-state index is 6.44. The van der Waals surface area contributed by atoms with Gasteiger partial charge in [0.05, 0.1) is 18.4 Å². The zero-order valence-corrected chi connectivity index (χ0v) is 27.9. The van der Waals surface area contributed by atoms with Gasteiger partial charge in [-0.2, -0.15) is 5.10 Å². The molecule has 2 aromatic heterocycles. The van der Waals surface area contributed by atoms with Crippen LogP contribution in [0.2, 0.25) is 0 Å². The van der Waals surface area contributed by atoms with Gasteiger partial charge in [-0.15, -0.1) is 0 Å². The summed E-state index contributed by atoms with van der Waals surface area (Å²) < 4.78 is 8.56. The van der Waals surface area contributed by atoms with E-state index in [0.717, 1.165) is 109 Å². The summed E-state index contributed by atoms with van der Waals surface area (Å²) in [6, 6.07) is 0. The quantitative estimate of drug-likeness (QED) is 0.343. The van der Waals surface area contributed by atoms with Crippen molar-refractivity contribution in [2.75, 3.05) is 77.0 Å². The minimum absolute atomic E-state index is 0.115. The summed E-state index contributed by atoms with van der Waals surface area (Å²) >= 11 is 0. The highest BCUT2D eigenvalue weighted by Crippen LogP contribution is 2.28. The lowest BCUT2D eigenvalue weighted by molar-refractivity contribution is -0.0451. The number of aromatic nitrogens is 4. The molecular weight excluding hydrogens is 524 g/mol. The molecule has 0 aliphatic carbocycles. The Kier molecular flexibility index (Phi) is 11.1. The Morgan fingerprint density at radius 3 is 1.98 bits per heavy atom. The molecule has 0 radical (unpaired) electrons. The van der Waals surface area contributed by atoms with Gasteiger partial charge in [0.25, 0.3) is 0 Å². The van der Waals surface area contributed by atoms with E-state index in [1.54, 1.807) is 0 Å². The van der Waals surface area contributed by atoms with E-state index in [-0.39, 0.29) is 16.6 Å². The highest BCUT2D eigenvalue weighted by atomic mass is 16.5. The summed E-state index contributed by atoms with van der Waals surface area (Å²) in [5.74, 6) is 0.849. The van der Waals surface area contributed by atoms with Crippen LogP contribution in [-0.2, 0) is 16.7 Å². The maximum Gasteiger partial charge on any atom is 0.225 e. The molecule has 4 heterocycles. The van der Waals surface area contributed by atoms with E-state index < -0.39 is 0 Å². The van der Waals surface area contributed by atoms with Crippen LogP contribution in [0.15, 0.2) is 24.8 Å². The zero-order valence-electron chi connectivity index (χ0n) is 27.9. The van der Waals surface area contributed by atoms with Crippen LogP contribution >= 0.6 is 0 Å². The van der Waals surface area contributed by atoms with Gasteiger partial charge in [0.2, 0.25) is 5.95 Å². The molecule has 0 spiro atoms. The van der Waals surface area contributed by atoms with Crippen LogP contribution in [0.5, 0.6) is 0 Å². The summed E-state index contributed by atoms with van der Waals surface area (Å²) in [5.41, 5.74) is 2.65. The van der Waals surface area contributed by atoms with Crippen molar-refractivity contribution in [2.45, 2.75) is 97.8 Å². The largest absolute Gasteiger partial charge is 0.374 e. The fourth-order valence-electron chi connectivity index (χ4n) is 5.92. The van der Waals surface area contributed by atoms with Gasteiger partial charge in [-0.05, 0) is 77.0 Å². The van der Waals surface area contributed by atoms with Crippen LogP contribution in [0.1, 0.15) is 78.9 Å². The molecule has 236 valence electrons. The number of hydrogen-bond donors (Lipinski definition) is 0. The van der Waals surface area contributed by atoms with E-state index in [0.29, 0.717) is 0 Å². The molecule has 0 aromatic carbocycles. The number of ether oxygens (including phenoxy) is 1. The predicted octanol–water partition coefficient (Wildman–Crippen LogP) is 4.46. The third kappa shape index (κ3) is 9.73. The number of piperazine rings is 2. The lowest BCUT2D eigenvalue weighted by Crippen LogP contribution is -2.55. The molecule has 9 nitrogen and oxygen atoms in total. The van der Waals surface area contributed by atoms with Crippen LogP contribution in [0, 0.1) is 6.92 Å². The number of anilines is 1. The molecule has 2 aliphatic heterocycles. The fraction of sp³-hybridized carbons (Fsp3) is 0.788. The van der Waals surface area contributed by atoms with E-state index in [2.05, 4.69) is 94.0 Å². The Labute approximate surface area is 255 Å². The minimum Gasteiger partial charge on any atom is -0.374 e. The van der Waals surface area contributed by atoms with Crippen LogP contribution < -0.4 is 4.90 Å². The summed E-state index contributed by atoms with van der Waals surface area (Å²) in [5, 5.41) is 4.58. The van der Waals surface area contributed by atoms with Gasteiger partial charge in [0.1, 0.15) is 0 Å². The van der Waals surface area contributed by atoms with Gasteiger partial charge in [-0.1, -0.05) is 20.8 Å². The first-order valence-corrected chi connectivity index (χ1v) is 16.2. The van der Waals surface area contributed by atoms with Gasteiger partial charge in [-0.25, -0.2) is 9.97 Å². The Balaban J connectivity index is 1.09. The molecule has 2 aromatic rings. The monoisotopic (exact) mass is 582 g/mol. The van der Waals surface area contributed by atoms with Crippen molar-refractivity contribution in [1.29, 1.82) is 0 Å². The van der Waals surface area contributed by atoms with Crippen LogP contribution in [0.4, 0.5) is 5.95 Å². The van der Waals surface area contributed by atoms with Crippen molar-refractivity contribution in [3.63, 3.8) is 0 Å². The Morgan fingerprint density at radius 1 is 0.738 bits per heavy atom. The molecule has 0 amide bonds. The van der Waals surface area contributed by atoms with Crippen LogP contribution in [0.3, 0.4) is 0 Å². The summed E-state index contributed by atoms with van der Waals surface area (Å²) in [7, 11) is 0. The van der Waals surface area contributed by atoms with Crippen molar-refractivity contribution in [2.24, 2.45) is 0 Å². The number of rotatable bonds is 13. The highest BCUT2D eigenvalue weighted by molar-refractivity contribution is 5.30. The van der Waals surface area contributed by atoms with Gasteiger partial charge in [0.15, 0.2) is 0 Å². The van der Waals surface area contributed by atoms with Crippen molar-refractivity contribution in [3.8, 4) is 0 Å². The van der Waals surface area contributed by atoms with Crippen molar-refractivity contribution >= 4 is 5.95 Å². The van der Waals surface area contributed by atoms with E-state index in [1.165, 1.54) is 5.56 Å². The third-order valence-corrected chi connectivity index (χ3v) is 9.25. The molecule has 2 aliphatic rings. The Bertz CT molecular complexity index is 1070. The average molecular weight is 583 g/mol. The standard InChI is InChI=1S/C33H58N8O/c1-28-24-34-30(35-25-28)39-18-14-38(15-19-39)22-23-42-33(7,8)11-10-32(5,6)40-20-16-37(17-21-40)12-9-13-41-27-29(26-36-41)31(2,3)4/h24-27H,9-23H2,1-8H3. The van der Waals surface area contributed by atoms with Gasteiger partial charge >= 0.3 is 0 Å². The Morgan fingerprint density at radius 2 is 1.36 bits per heavy atom. The van der Waals surface area contributed by atoms with E-state index in [1.807, 2.05) is 25.5 Å². The molecule has 0 unspecified atom stereocenters. The molecule has 0 bridgehead atoms. The Hall–Kier alpha value is -2.07. The average Bonchev–Trinajstić information content (AvgIpc) is 3.43. The zero-order chi connectivity index (χ0) is 30.4. The molecule has 0 N–H and O–H groups in total. The second kappa shape index (κ2) is 14.1. The van der Waals surface area contributed by atoms with E-state index in [9.17, 15) is 0 Å². The first-order chi connectivity index (χ1) is 19.8. The van der Waals surface area contributed by atoms with Gasteiger partial charge < -0.3 is 14.5 Å². The fourth-order valence-corrected chi connectivity index (χ4v) is 5.92. The first-order valence-electron chi connectivity index (χ1n) is 16.2. The number of nitrogens with zero attached hydrogens (tertiary/aromatic N) is 8. The second-order valence-electron chi connectivity index (χ2n) is 14.7. The van der Waals surface area contributed by atoms with E-state index in [4.69, 9.17) is 4.74 Å². The minimum atomic E-state index is -0.115. The normalized spacial score (nSPS) is 18.6. The summed E-state index contributed by atoms with van der Waals surface area (Å²) in [6.07, 6.45) is 11.4. The predicted molar refractivity (Wildman–Crippen MR) is 172 cm³/mol. The lowest BCUT2D eigenvalue weighted by atomic mass is 9.89. The molecule has 4 rings (SSSR count). The smallest absolute Gasteiger partial charge is 0.225 e. The van der Waals surface area contributed by atoms with Crippen LogP contribution in [0.25, 0.3) is 0 Å². The van der Waals surface area contributed by atoms with Crippen molar-refractivity contribution < 1.29 is 4.74 Å². The molecule has 2 saturated heterocycles. The molecule has 0 atom stereocenters. The highest BCUT2D eigenvalue weighted by Gasteiger charge is 2.32. The first kappa shape index (κ1) is 32.8. The van der Waals surface area contributed by atoms with Crippen LogP contribution in [-0.4, -0.2) is 118 Å². The molecule has 9 heteroatoms. The molecule has 0 saturated carbocycles.